The van der Waals surface area contributed by atoms with E-state index in [1.807, 2.05) is 6.92 Å². The summed E-state index contributed by atoms with van der Waals surface area (Å²) in [4.78, 5) is 26.8. The van der Waals surface area contributed by atoms with Gasteiger partial charge in [0.15, 0.2) is 0 Å². The fraction of sp³-hybridized carbons (Fsp3) is 0.364. The van der Waals surface area contributed by atoms with Crippen molar-refractivity contribution in [2.75, 3.05) is 25.6 Å². The lowest BCUT2D eigenvalue weighted by Gasteiger charge is -2.29. The van der Waals surface area contributed by atoms with Crippen molar-refractivity contribution in [1.82, 2.24) is 4.90 Å². The zero-order valence-corrected chi connectivity index (χ0v) is 17.0. The molecule has 1 unspecified atom stereocenters. The summed E-state index contributed by atoms with van der Waals surface area (Å²) >= 11 is 0. The summed E-state index contributed by atoms with van der Waals surface area (Å²) in [7, 11) is 1.53. The number of para-hydroxylation sites is 2. The number of nitrogens with zero attached hydrogens (tertiary/aromatic N) is 1. The number of methoxy groups -OCH3 is 1. The summed E-state index contributed by atoms with van der Waals surface area (Å²) in [6, 6.07) is 13.0. The van der Waals surface area contributed by atoms with Gasteiger partial charge in [-0.1, -0.05) is 30.3 Å². The standard InChI is InChI=1S/C22H27FN2O4/c1-4-29-20-12-8-7-11-19(20)24-21(26)13-22(27)25(16(2)15-28-3)14-17-9-5-6-10-18(17)23/h5-12,16H,4,13-15H2,1-3H3,(H,24,26). The molecule has 0 radical (unpaired) electrons. The summed E-state index contributed by atoms with van der Waals surface area (Å²) in [6.45, 7) is 4.43. The lowest BCUT2D eigenvalue weighted by Crippen LogP contribution is -2.42. The molecular formula is C22H27FN2O4. The van der Waals surface area contributed by atoms with Crippen molar-refractivity contribution in [3.8, 4) is 5.75 Å². The number of anilines is 1. The first kappa shape index (κ1) is 22.4. The van der Waals surface area contributed by atoms with Gasteiger partial charge < -0.3 is 19.7 Å². The molecule has 7 heteroatoms. The molecule has 1 atom stereocenters. The number of hydrogen-bond acceptors (Lipinski definition) is 4. The van der Waals surface area contributed by atoms with E-state index in [0.717, 1.165) is 0 Å². The maximum Gasteiger partial charge on any atom is 0.233 e. The molecule has 0 aromatic heterocycles. The molecule has 1 N–H and O–H groups in total. The third-order valence-corrected chi connectivity index (χ3v) is 4.33. The van der Waals surface area contributed by atoms with Crippen LogP contribution >= 0.6 is 0 Å². The number of ether oxygens (including phenoxy) is 2. The number of carbonyl (C=O) groups is 2. The van der Waals surface area contributed by atoms with Gasteiger partial charge >= 0.3 is 0 Å². The van der Waals surface area contributed by atoms with Gasteiger partial charge in [-0.2, -0.15) is 0 Å². The largest absolute Gasteiger partial charge is 0.492 e. The van der Waals surface area contributed by atoms with Crippen molar-refractivity contribution in [1.29, 1.82) is 0 Å². The van der Waals surface area contributed by atoms with Gasteiger partial charge in [0.1, 0.15) is 18.0 Å². The second-order valence-electron chi connectivity index (χ2n) is 6.57. The number of carbonyl (C=O) groups excluding carboxylic acids is 2. The van der Waals surface area contributed by atoms with Crippen LogP contribution < -0.4 is 10.1 Å². The molecule has 0 saturated heterocycles. The van der Waals surface area contributed by atoms with E-state index in [2.05, 4.69) is 5.32 Å². The number of hydrogen-bond donors (Lipinski definition) is 1. The van der Waals surface area contributed by atoms with Gasteiger partial charge in [0, 0.05) is 19.2 Å². The van der Waals surface area contributed by atoms with E-state index in [0.29, 0.717) is 23.6 Å². The maximum atomic E-state index is 14.1. The minimum atomic E-state index is -0.467. The van der Waals surface area contributed by atoms with Gasteiger partial charge in [-0.15, -0.1) is 0 Å². The topological polar surface area (TPSA) is 67.9 Å². The smallest absolute Gasteiger partial charge is 0.233 e. The van der Waals surface area contributed by atoms with Crippen molar-refractivity contribution >= 4 is 17.5 Å². The molecular weight excluding hydrogens is 375 g/mol. The van der Waals surface area contributed by atoms with Crippen LogP contribution in [0, 0.1) is 5.82 Å². The molecule has 0 bridgehead atoms. The Bertz CT molecular complexity index is 828. The van der Waals surface area contributed by atoms with Crippen LogP contribution in [0.4, 0.5) is 10.1 Å². The van der Waals surface area contributed by atoms with Crippen molar-refractivity contribution in [3.63, 3.8) is 0 Å². The fourth-order valence-corrected chi connectivity index (χ4v) is 2.92. The quantitative estimate of drug-likeness (QED) is 0.617. The molecule has 0 heterocycles. The van der Waals surface area contributed by atoms with E-state index in [1.54, 1.807) is 49.4 Å². The van der Waals surface area contributed by atoms with Crippen molar-refractivity contribution < 1.29 is 23.5 Å². The molecule has 0 aliphatic carbocycles. The van der Waals surface area contributed by atoms with E-state index < -0.39 is 17.6 Å². The van der Waals surface area contributed by atoms with E-state index in [1.165, 1.54) is 18.1 Å². The van der Waals surface area contributed by atoms with E-state index in [-0.39, 0.29) is 25.6 Å². The molecule has 156 valence electrons. The van der Waals surface area contributed by atoms with Crippen LogP contribution in [0.1, 0.15) is 25.8 Å². The molecule has 2 aromatic rings. The van der Waals surface area contributed by atoms with Crippen LogP contribution in [-0.4, -0.2) is 43.1 Å². The molecule has 2 aromatic carbocycles. The number of halogens is 1. The highest BCUT2D eigenvalue weighted by molar-refractivity contribution is 6.04. The average molecular weight is 402 g/mol. The van der Waals surface area contributed by atoms with Crippen LogP contribution in [0.2, 0.25) is 0 Å². The Morgan fingerprint density at radius 2 is 1.83 bits per heavy atom. The average Bonchev–Trinajstić information content (AvgIpc) is 2.69. The molecule has 0 saturated carbocycles. The first-order chi connectivity index (χ1) is 14.0. The highest BCUT2D eigenvalue weighted by Crippen LogP contribution is 2.24. The van der Waals surface area contributed by atoms with Gasteiger partial charge in [0.25, 0.3) is 0 Å². The minimum absolute atomic E-state index is 0.0544. The van der Waals surface area contributed by atoms with Crippen molar-refractivity contribution in [3.05, 3.63) is 59.9 Å². The van der Waals surface area contributed by atoms with Gasteiger partial charge in [-0.25, -0.2) is 4.39 Å². The lowest BCUT2D eigenvalue weighted by atomic mass is 10.1. The zero-order chi connectivity index (χ0) is 21.2. The number of nitrogens with one attached hydrogen (secondary N) is 1. The van der Waals surface area contributed by atoms with Crippen molar-refractivity contribution in [2.45, 2.75) is 32.9 Å². The minimum Gasteiger partial charge on any atom is -0.492 e. The van der Waals surface area contributed by atoms with Gasteiger partial charge in [-0.3, -0.25) is 9.59 Å². The monoisotopic (exact) mass is 402 g/mol. The van der Waals surface area contributed by atoms with Crippen LogP contribution in [0.3, 0.4) is 0 Å². The van der Waals surface area contributed by atoms with Gasteiger partial charge in [0.2, 0.25) is 11.8 Å². The Kier molecular flexibility index (Phi) is 8.61. The Morgan fingerprint density at radius 3 is 2.52 bits per heavy atom. The van der Waals surface area contributed by atoms with Crippen LogP contribution in [-0.2, 0) is 20.9 Å². The second-order valence-corrected chi connectivity index (χ2v) is 6.57. The Balaban J connectivity index is 2.10. The van der Waals surface area contributed by atoms with Gasteiger partial charge in [-0.05, 0) is 32.0 Å². The molecule has 2 amide bonds. The fourth-order valence-electron chi connectivity index (χ4n) is 2.92. The second kappa shape index (κ2) is 11.2. The normalized spacial score (nSPS) is 11.6. The molecule has 2 rings (SSSR count). The third-order valence-electron chi connectivity index (χ3n) is 4.33. The van der Waals surface area contributed by atoms with Crippen LogP contribution in [0.15, 0.2) is 48.5 Å². The molecule has 0 aliphatic heterocycles. The van der Waals surface area contributed by atoms with Gasteiger partial charge in [0.05, 0.1) is 24.9 Å². The summed E-state index contributed by atoms with van der Waals surface area (Å²) < 4.78 is 24.7. The predicted octanol–water partition coefficient (Wildman–Crippen LogP) is 3.62. The SMILES string of the molecule is CCOc1ccccc1NC(=O)CC(=O)N(Cc1ccccc1F)C(C)COC. The highest BCUT2D eigenvalue weighted by Gasteiger charge is 2.24. The number of amides is 2. The summed E-state index contributed by atoms with van der Waals surface area (Å²) in [5.41, 5.74) is 0.878. The molecule has 0 spiro atoms. The Labute approximate surface area is 170 Å². The zero-order valence-electron chi connectivity index (χ0n) is 17.0. The van der Waals surface area contributed by atoms with Crippen LogP contribution in [0.5, 0.6) is 5.75 Å². The molecule has 29 heavy (non-hydrogen) atoms. The predicted molar refractivity (Wildman–Crippen MR) is 109 cm³/mol. The molecule has 0 aliphatic rings. The Morgan fingerprint density at radius 1 is 1.14 bits per heavy atom. The number of benzene rings is 2. The maximum absolute atomic E-state index is 14.1. The first-order valence-electron chi connectivity index (χ1n) is 9.49. The number of rotatable bonds is 10. The molecule has 0 fully saturated rings. The van der Waals surface area contributed by atoms with E-state index in [9.17, 15) is 14.0 Å². The van der Waals surface area contributed by atoms with Crippen molar-refractivity contribution in [2.24, 2.45) is 0 Å². The lowest BCUT2D eigenvalue weighted by molar-refractivity contribution is -0.137. The third kappa shape index (κ3) is 6.57. The summed E-state index contributed by atoms with van der Waals surface area (Å²) in [5, 5.41) is 2.71. The van der Waals surface area contributed by atoms with E-state index >= 15 is 0 Å². The van der Waals surface area contributed by atoms with Crippen LogP contribution in [0.25, 0.3) is 0 Å². The highest BCUT2D eigenvalue weighted by atomic mass is 19.1. The summed E-state index contributed by atoms with van der Waals surface area (Å²) in [5.74, 6) is -0.744. The summed E-state index contributed by atoms with van der Waals surface area (Å²) in [6.07, 6.45) is -0.372. The first-order valence-corrected chi connectivity index (χ1v) is 9.49. The molecule has 6 nitrogen and oxygen atoms in total. The Hall–Kier alpha value is -2.93. The van der Waals surface area contributed by atoms with E-state index in [4.69, 9.17) is 9.47 Å².